The summed E-state index contributed by atoms with van der Waals surface area (Å²) in [5, 5.41) is 0. The third kappa shape index (κ3) is 9.82. The summed E-state index contributed by atoms with van der Waals surface area (Å²) in [5.41, 5.74) is 0. The Labute approximate surface area is 72.7 Å². The lowest BCUT2D eigenvalue weighted by atomic mass is 10.2. The van der Waals surface area contributed by atoms with Gasteiger partial charge in [0.1, 0.15) is 6.61 Å². The summed E-state index contributed by atoms with van der Waals surface area (Å²) < 4.78 is 4.54. The minimum absolute atomic E-state index is 0.503. The normalized spacial score (nSPS) is 10.1. The van der Waals surface area contributed by atoms with Crippen LogP contribution in [0.3, 0.4) is 0 Å². The maximum atomic E-state index is 9.71. The fourth-order valence-corrected chi connectivity index (χ4v) is 1.63. The van der Waals surface area contributed by atoms with Gasteiger partial charge in [-0.25, -0.2) is 0 Å². The minimum Gasteiger partial charge on any atom is -0.467 e. The molecule has 0 fully saturated rings. The molecule has 0 saturated carbocycles. The Morgan fingerprint density at radius 2 is 2.18 bits per heavy atom. The lowest BCUT2D eigenvalue weighted by molar-refractivity contribution is -0.128. The maximum absolute atomic E-state index is 9.71. The molecule has 0 aliphatic carbocycles. The molecule has 0 atom stereocenters. The van der Waals surface area contributed by atoms with Gasteiger partial charge in [-0.1, -0.05) is 13.8 Å². The van der Waals surface area contributed by atoms with Crippen LogP contribution in [-0.4, -0.2) is 24.6 Å². The Kier molecular flexibility index (Phi) is 7.79. The lowest BCUT2D eigenvalue weighted by Gasteiger charge is -2.02. The van der Waals surface area contributed by atoms with Crippen molar-refractivity contribution in [3.05, 3.63) is 0 Å². The van der Waals surface area contributed by atoms with E-state index in [1.54, 1.807) is 0 Å². The molecule has 0 aromatic heterocycles. The number of hydrogen-bond donors (Lipinski definition) is 0. The molecular weight excluding hydrogens is 160 g/mol. The van der Waals surface area contributed by atoms with E-state index in [9.17, 15) is 4.79 Å². The molecule has 11 heavy (non-hydrogen) atoms. The first-order chi connectivity index (χ1) is 5.27. The number of ether oxygens (including phenoxy) is 1. The van der Waals surface area contributed by atoms with Crippen LogP contribution in [0, 0.1) is 5.92 Å². The van der Waals surface area contributed by atoms with Gasteiger partial charge in [-0.2, -0.15) is 11.8 Å². The van der Waals surface area contributed by atoms with Gasteiger partial charge in [0.25, 0.3) is 6.47 Å². The molecule has 0 spiro atoms. The van der Waals surface area contributed by atoms with Crippen molar-refractivity contribution >= 4 is 18.2 Å². The highest BCUT2D eigenvalue weighted by atomic mass is 32.2. The van der Waals surface area contributed by atoms with Crippen LogP contribution in [0.2, 0.25) is 0 Å². The summed E-state index contributed by atoms with van der Waals surface area (Å²) >= 11 is 1.84. The van der Waals surface area contributed by atoms with Crippen molar-refractivity contribution in [3.8, 4) is 0 Å². The monoisotopic (exact) mass is 176 g/mol. The minimum atomic E-state index is 0.503. The third-order valence-corrected chi connectivity index (χ3v) is 2.23. The SMILES string of the molecule is CC(C)CCSCCOC=O. The Balaban J connectivity index is 2.85. The van der Waals surface area contributed by atoms with Gasteiger partial charge < -0.3 is 4.74 Å². The second-order valence-corrected chi connectivity index (χ2v) is 3.99. The molecule has 0 heterocycles. The second-order valence-electron chi connectivity index (χ2n) is 2.76. The molecule has 0 radical (unpaired) electrons. The molecule has 0 aliphatic heterocycles. The molecule has 0 bridgehead atoms. The van der Waals surface area contributed by atoms with Crippen LogP contribution < -0.4 is 0 Å². The number of carbonyl (C=O) groups is 1. The Morgan fingerprint density at radius 3 is 2.73 bits per heavy atom. The first-order valence-corrected chi connectivity index (χ1v) is 5.06. The predicted octanol–water partition coefficient (Wildman–Crippen LogP) is 1.94. The predicted molar refractivity (Wildman–Crippen MR) is 48.8 cm³/mol. The fourth-order valence-electron chi connectivity index (χ4n) is 0.576. The van der Waals surface area contributed by atoms with E-state index in [1.165, 1.54) is 12.2 Å². The van der Waals surface area contributed by atoms with Crippen molar-refractivity contribution in [2.24, 2.45) is 5.92 Å². The van der Waals surface area contributed by atoms with E-state index in [4.69, 9.17) is 0 Å². The maximum Gasteiger partial charge on any atom is 0.293 e. The first-order valence-electron chi connectivity index (χ1n) is 3.90. The van der Waals surface area contributed by atoms with E-state index in [0.717, 1.165) is 11.7 Å². The summed E-state index contributed by atoms with van der Waals surface area (Å²) in [4.78, 5) is 9.71. The summed E-state index contributed by atoms with van der Waals surface area (Å²) in [7, 11) is 0. The zero-order valence-electron chi connectivity index (χ0n) is 7.21. The molecule has 0 saturated heterocycles. The van der Waals surface area contributed by atoms with Crippen molar-refractivity contribution < 1.29 is 9.53 Å². The van der Waals surface area contributed by atoms with Crippen LogP contribution in [0.25, 0.3) is 0 Å². The van der Waals surface area contributed by atoms with Gasteiger partial charge in [-0.05, 0) is 18.1 Å². The Morgan fingerprint density at radius 1 is 1.45 bits per heavy atom. The standard InChI is InChI=1S/C8H16O2S/c1-8(2)3-5-11-6-4-10-7-9/h7-8H,3-6H2,1-2H3. The quantitative estimate of drug-likeness (QED) is 0.438. The van der Waals surface area contributed by atoms with E-state index in [0.29, 0.717) is 13.1 Å². The van der Waals surface area contributed by atoms with Gasteiger partial charge in [0, 0.05) is 5.75 Å². The van der Waals surface area contributed by atoms with E-state index < -0.39 is 0 Å². The van der Waals surface area contributed by atoms with E-state index in [2.05, 4.69) is 18.6 Å². The van der Waals surface area contributed by atoms with Crippen LogP contribution in [0.4, 0.5) is 0 Å². The molecule has 66 valence electrons. The second kappa shape index (κ2) is 7.92. The van der Waals surface area contributed by atoms with Crippen LogP contribution in [0.15, 0.2) is 0 Å². The van der Waals surface area contributed by atoms with Crippen LogP contribution in [-0.2, 0) is 9.53 Å². The average Bonchev–Trinajstić information content (AvgIpc) is 1.96. The first kappa shape index (κ1) is 10.8. The Hall–Kier alpha value is -0.180. The smallest absolute Gasteiger partial charge is 0.293 e. The highest BCUT2D eigenvalue weighted by Crippen LogP contribution is 2.07. The molecule has 0 N–H and O–H groups in total. The molecule has 3 heteroatoms. The summed E-state index contributed by atoms with van der Waals surface area (Å²) in [6.45, 7) is 5.47. The zero-order valence-corrected chi connectivity index (χ0v) is 8.02. The number of rotatable bonds is 7. The van der Waals surface area contributed by atoms with Crippen molar-refractivity contribution in [2.75, 3.05) is 18.1 Å². The van der Waals surface area contributed by atoms with E-state index in [1.807, 2.05) is 11.8 Å². The molecule has 0 aromatic carbocycles. The van der Waals surface area contributed by atoms with Gasteiger partial charge in [-0.15, -0.1) is 0 Å². The molecule has 2 nitrogen and oxygen atoms in total. The molecular formula is C8H16O2S. The summed E-state index contributed by atoms with van der Waals surface area (Å²) in [6, 6.07) is 0. The molecule has 0 rings (SSSR count). The van der Waals surface area contributed by atoms with Gasteiger partial charge in [-0.3, -0.25) is 4.79 Å². The highest BCUT2D eigenvalue weighted by molar-refractivity contribution is 7.99. The van der Waals surface area contributed by atoms with Crippen LogP contribution in [0.5, 0.6) is 0 Å². The largest absolute Gasteiger partial charge is 0.467 e. The van der Waals surface area contributed by atoms with Gasteiger partial charge in [0.15, 0.2) is 0 Å². The fraction of sp³-hybridized carbons (Fsp3) is 0.875. The highest BCUT2D eigenvalue weighted by Gasteiger charge is 1.93. The van der Waals surface area contributed by atoms with E-state index >= 15 is 0 Å². The average molecular weight is 176 g/mol. The number of carbonyl (C=O) groups excluding carboxylic acids is 1. The van der Waals surface area contributed by atoms with Crippen LogP contribution >= 0.6 is 11.8 Å². The van der Waals surface area contributed by atoms with Crippen LogP contribution in [0.1, 0.15) is 20.3 Å². The van der Waals surface area contributed by atoms with Crippen molar-refractivity contribution in [1.29, 1.82) is 0 Å². The molecule has 0 unspecified atom stereocenters. The van der Waals surface area contributed by atoms with E-state index in [-0.39, 0.29) is 0 Å². The van der Waals surface area contributed by atoms with Crippen molar-refractivity contribution in [2.45, 2.75) is 20.3 Å². The van der Waals surface area contributed by atoms with Crippen molar-refractivity contribution in [1.82, 2.24) is 0 Å². The molecule has 0 aromatic rings. The Bertz CT molecular complexity index is 94.1. The molecule has 0 amide bonds. The van der Waals surface area contributed by atoms with Gasteiger partial charge in [0.2, 0.25) is 0 Å². The molecule has 0 aliphatic rings. The zero-order chi connectivity index (χ0) is 8.53. The lowest BCUT2D eigenvalue weighted by Crippen LogP contribution is -1.97. The summed E-state index contributed by atoms with van der Waals surface area (Å²) in [6.07, 6.45) is 1.24. The topological polar surface area (TPSA) is 26.3 Å². The third-order valence-electron chi connectivity index (χ3n) is 1.25. The van der Waals surface area contributed by atoms with Crippen molar-refractivity contribution in [3.63, 3.8) is 0 Å². The van der Waals surface area contributed by atoms with Gasteiger partial charge >= 0.3 is 0 Å². The summed E-state index contributed by atoms with van der Waals surface area (Å²) in [5.74, 6) is 2.86. The van der Waals surface area contributed by atoms with Gasteiger partial charge in [0.05, 0.1) is 0 Å². The number of thioether (sulfide) groups is 1. The number of hydrogen-bond acceptors (Lipinski definition) is 3.